The third-order valence-electron chi connectivity index (χ3n) is 8.08. The Morgan fingerprint density at radius 2 is 1.65 bits per heavy atom. The number of carbonyl (C=O) groups is 2. The highest BCUT2D eigenvalue weighted by Gasteiger charge is 2.47. The maximum absolute atomic E-state index is 13.5. The molecular weight excluding hydrogens is 574 g/mol. The zero-order chi connectivity index (χ0) is 31.3. The maximum atomic E-state index is 13.5. The Hall–Kier alpha value is -1.63. The van der Waals surface area contributed by atoms with Crippen molar-refractivity contribution in [3.05, 3.63) is 24.3 Å². The van der Waals surface area contributed by atoms with Crippen LogP contribution in [0.15, 0.2) is 24.3 Å². The third-order valence-corrected chi connectivity index (χ3v) is 8.64. The minimum atomic E-state index is -3.88. The summed E-state index contributed by atoms with van der Waals surface area (Å²) in [4.78, 5) is 26.2. The van der Waals surface area contributed by atoms with E-state index in [4.69, 9.17) is 23.7 Å². The average molecular weight is 628 g/mol. The van der Waals surface area contributed by atoms with Gasteiger partial charge in [-0.15, -0.1) is 0 Å². The molecule has 11 heteroatoms. The number of amides is 1. The van der Waals surface area contributed by atoms with Gasteiger partial charge < -0.3 is 23.7 Å². The summed E-state index contributed by atoms with van der Waals surface area (Å²) in [6, 6.07) is 0. The Balaban J connectivity index is 1.68. The molecule has 2 aliphatic heterocycles. The van der Waals surface area contributed by atoms with Crippen LogP contribution in [0.25, 0.3) is 0 Å². The fourth-order valence-electron chi connectivity index (χ4n) is 5.71. The first-order chi connectivity index (χ1) is 20.4. The van der Waals surface area contributed by atoms with E-state index < -0.39 is 34.3 Å². The first kappa shape index (κ1) is 35.8. The van der Waals surface area contributed by atoms with E-state index in [-0.39, 0.29) is 29.6 Å². The number of Topliss-reactive ketones (excluding diaryl/α,β-unsaturated/α-hetero) is 1. The molecule has 4 atom stereocenters. The summed E-state index contributed by atoms with van der Waals surface area (Å²) in [6.07, 6.45) is 16.5. The first-order valence-corrected chi connectivity index (χ1v) is 17.9. The van der Waals surface area contributed by atoms with E-state index in [1.807, 2.05) is 12.2 Å². The van der Waals surface area contributed by atoms with Gasteiger partial charge in [0.1, 0.15) is 5.78 Å². The molecule has 1 saturated carbocycles. The zero-order valence-corrected chi connectivity index (χ0v) is 27.3. The lowest BCUT2D eigenvalue weighted by atomic mass is 9.90. The summed E-state index contributed by atoms with van der Waals surface area (Å²) in [6.45, 7) is 7.96. The number of ketones is 1. The van der Waals surface area contributed by atoms with Crippen molar-refractivity contribution in [1.82, 2.24) is 4.72 Å². The van der Waals surface area contributed by atoms with Crippen LogP contribution in [0.5, 0.6) is 0 Å². The Kier molecular flexibility index (Phi) is 14.3. The van der Waals surface area contributed by atoms with Crippen molar-refractivity contribution in [2.45, 2.75) is 128 Å². The molecule has 3 fully saturated rings. The highest BCUT2D eigenvalue weighted by molar-refractivity contribution is 7.89. The van der Waals surface area contributed by atoms with Gasteiger partial charge in [-0.1, -0.05) is 31.2 Å². The molecule has 1 N–H and O–H groups in total. The van der Waals surface area contributed by atoms with Gasteiger partial charge >= 0.3 is 0 Å². The van der Waals surface area contributed by atoms with Crippen LogP contribution in [-0.4, -0.2) is 70.2 Å². The summed E-state index contributed by atoms with van der Waals surface area (Å²) >= 11 is 0. The number of hydrogen-bond acceptors (Lipinski definition) is 9. The molecule has 0 aromatic carbocycles. The number of carbonyl (C=O) groups excluding carboxylic acids is 2. The Bertz CT molecular complexity index is 1020. The molecule has 2 unspecified atom stereocenters. The van der Waals surface area contributed by atoms with E-state index in [1.165, 1.54) is 0 Å². The van der Waals surface area contributed by atoms with Gasteiger partial charge in [-0.2, -0.15) is 0 Å². The normalized spacial score (nSPS) is 27.1. The van der Waals surface area contributed by atoms with Crippen LogP contribution in [0.4, 0.5) is 0 Å². The summed E-state index contributed by atoms with van der Waals surface area (Å²) in [7, 11) is -3.88. The van der Waals surface area contributed by atoms with Crippen molar-refractivity contribution in [3.8, 4) is 0 Å². The van der Waals surface area contributed by atoms with Gasteiger partial charge in [-0.3, -0.25) is 9.59 Å². The van der Waals surface area contributed by atoms with Crippen molar-refractivity contribution >= 4 is 21.7 Å². The topological polar surface area (TPSA) is 126 Å². The molecule has 0 aromatic rings. The zero-order valence-electron chi connectivity index (χ0n) is 26.5. The van der Waals surface area contributed by atoms with Gasteiger partial charge in [0.15, 0.2) is 12.6 Å². The van der Waals surface area contributed by atoms with Crippen LogP contribution in [-0.2, 0) is 43.3 Å². The van der Waals surface area contributed by atoms with E-state index >= 15 is 0 Å². The fourth-order valence-corrected chi connectivity index (χ4v) is 6.21. The molecule has 1 aliphatic carbocycles. The van der Waals surface area contributed by atoms with Crippen LogP contribution in [0.3, 0.4) is 0 Å². The molecule has 1 amide bonds. The molecule has 2 saturated heterocycles. The molecule has 0 bridgehead atoms. The molecule has 10 nitrogen and oxygen atoms in total. The smallest absolute Gasteiger partial charge is 0.293 e. The van der Waals surface area contributed by atoms with Gasteiger partial charge in [0, 0.05) is 38.6 Å². The molecule has 3 aliphatic rings. The lowest BCUT2D eigenvalue weighted by molar-refractivity contribution is -0.346. The number of hydrogen-bond donors (Lipinski definition) is 1. The summed E-state index contributed by atoms with van der Waals surface area (Å²) < 4.78 is 56.0. The molecule has 3 rings (SSSR count). The van der Waals surface area contributed by atoms with Crippen LogP contribution in [0.2, 0.25) is 0 Å². The van der Waals surface area contributed by atoms with Crippen LogP contribution >= 0.6 is 0 Å². The number of ether oxygens (including phenoxy) is 5. The summed E-state index contributed by atoms with van der Waals surface area (Å²) in [5.41, 5.74) is -0.240. The predicted molar refractivity (Wildman–Crippen MR) is 163 cm³/mol. The lowest BCUT2D eigenvalue weighted by Crippen LogP contribution is -2.56. The average Bonchev–Trinajstić information content (AvgIpc) is 3.30. The van der Waals surface area contributed by atoms with Gasteiger partial charge in [0.2, 0.25) is 10.0 Å². The molecular formula is C32H53NO9S. The number of allylic oxidation sites excluding steroid dienone is 3. The number of nitrogens with one attached hydrogen (secondary N) is 1. The first-order valence-electron chi connectivity index (χ1n) is 16.0. The van der Waals surface area contributed by atoms with E-state index in [9.17, 15) is 18.0 Å². The molecule has 0 aromatic heterocycles. The summed E-state index contributed by atoms with van der Waals surface area (Å²) in [5.74, 6) is -2.47. The van der Waals surface area contributed by atoms with Gasteiger partial charge in [-0.25, -0.2) is 13.1 Å². The van der Waals surface area contributed by atoms with Crippen LogP contribution in [0, 0.1) is 11.8 Å². The second-order valence-electron chi connectivity index (χ2n) is 12.5. The van der Waals surface area contributed by atoms with Crippen LogP contribution in [0.1, 0.15) is 104 Å². The summed E-state index contributed by atoms with van der Waals surface area (Å²) in [5, 5.41) is 0. The highest BCUT2D eigenvalue weighted by atomic mass is 32.2. The highest BCUT2D eigenvalue weighted by Crippen LogP contribution is 2.34. The quantitative estimate of drug-likeness (QED) is 0.168. The van der Waals surface area contributed by atoms with Crippen molar-refractivity contribution in [3.63, 3.8) is 0 Å². The van der Waals surface area contributed by atoms with Crippen molar-refractivity contribution in [2.75, 3.05) is 26.1 Å². The molecule has 0 radical (unpaired) electrons. The van der Waals surface area contributed by atoms with Crippen molar-refractivity contribution in [2.24, 2.45) is 11.8 Å². The predicted octanol–water partition coefficient (Wildman–Crippen LogP) is 5.32. The largest absolute Gasteiger partial charge is 0.375 e. The van der Waals surface area contributed by atoms with Crippen molar-refractivity contribution < 1.29 is 41.7 Å². The van der Waals surface area contributed by atoms with E-state index in [1.54, 1.807) is 0 Å². The standard InChI is InChI=1S/C32H53NO9S/c1-5-22-40-31(2,3)20-13-14-25-18-19-27(34)26(25)15-7-6-10-21-32(30(35)33-43(4,36)37,41-28-16-8-11-23-38-28)42-29-17-9-12-24-39-29/h6-7,13-14,25-26,28-29H,5,8-12,15-24H2,1-4H3,(H,33,35)/b7-6-,14-13+/t25-,26+,28?,29?,32?/m0/s1. The maximum Gasteiger partial charge on any atom is 0.293 e. The Labute approximate surface area is 258 Å². The Morgan fingerprint density at radius 1 is 1.00 bits per heavy atom. The second kappa shape index (κ2) is 17.2. The van der Waals surface area contributed by atoms with Gasteiger partial charge in [0.05, 0.1) is 11.9 Å². The minimum Gasteiger partial charge on any atom is -0.375 e. The van der Waals surface area contributed by atoms with E-state index in [0.29, 0.717) is 45.3 Å². The minimum absolute atomic E-state index is 0.0549. The van der Waals surface area contributed by atoms with E-state index in [2.05, 4.69) is 37.6 Å². The molecule has 2 heterocycles. The second-order valence-corrected chi connectivity index (χ2v) is 14.3. The number of rotatable bonds is 17. The van der Waals surface area contributed by atoms with Crippen molar-refractivity contribution in [1.29, 1.82) is 0 Å². The lowest BCUT2D eigenvalue weighted by Gasteiger charge is -2.39. The van der Waals surface area contributed by atoms with Gasteiger partial charge in [0.25, 0.3) is 11.7 Å². The number of sulfonamides is 1. The fraction of sp³-hybridized carbons (Fsp3) is 0.812. The molecule has 43 heavy (non-hydrogen) atoms. The molecule has 246 valence electrons. The van der Waals surface area contributed by atoms with Crippen LogP contribution < -0.4 is 4.72 Å². The van der Waals surface area contributed by atoms with E-state index in [0.717, 1.165) is 57.8 Å². The molecule has 0 spiro atoms. The third kappa shape index (κ3) is 12.4. The Morgan fingerprint density at radius 3 is 2.21 bits per heavy atom. The van der Waals surface area contributed by atoms with Gasteiger partial charge in [-0.05, 0) is 90.4 Å². The SMILES string of the molecule is CCCOC(C)(C)C/C=C/[C@H]1CCC(=O)[C@@H]1C/C=C\CCC(OC1CCCCO1)(OC1CCCCO1)C(=O)NS(C)(=O)=O. The monoisotopic (exact) mass is 627 g/mol.